The van der Waals surface area contributed by atoms with Crippen molar-refractivity contribution in [2.24, 2.45) is 0 Å². The number of aryl methyl sites for hydroxylation is 1. The number of amides is 1. The van der Waals surface area contributed by atoms with E-state index < -0.39 is 10.0 Å². The van der Waals surface area contributed by atoms with Crippen molar-refractivity contribution >= 4 is 44.8 Å². The maximum absolute atomic E-state index is 12.1. The van der Waals surface area contributed by atoms with E-state index >= 15 is 0 Å². The van der Waals surface area contributed by atoms with Gasteiger partial charge in [-0.05, 0) is 37.3 Å². The minimum Gasteiger partial charge on any atom is -0.326 e. The van der Waals surface area contributed by atoms with Crippen LogP contribution in [0, 0.1) is 6.92 Å². The van der Waals surface area contributed by atoms with E-state index in [1.165, 1.54) is 12.1 Å². The van der Waals surface area contributed by atoms with Crippen LogP contribution in [-0.2, 0) is 14.8 Å². The molecule has 128 valence electrons. The fraction of sp³-hybridized carbons (Fsp3) is 0.188. The summed E-state index contributed by atoms with van der Waals surface area (Å²) in [5, 5.41) is 3.42. The van der Waals surface area contributed by atoms with Gasteiger partial charge in [0.2, 0.25) is 15.9 Å². The lowest BCUT2D eigenvalue weighted by atomic mass is 10.2. The number of halogens is 2. The number of sulfonamides is 1. The average Bonchev–Trinajstić information content (AvgIpc) is 2.46. The number of carbonyl (C=O) groups is 1. The van der Waals surface area contributed by atoms with Crippen LogP contribution in [0.25, 0.3) is 0 Å². The molecule has 24 heavy (non-hydrogen) atoms. The van der Waals surface area contributed by atoms with Gasteiger partial charge in [0.25, 0.3) is 0 Å². The van der Waals surface area contributed by atoms with Gasteiger partial charge in [0.05, 0.1) is 4.90 Å². The summed E-state index contributed by atoms with van der Waals surface area (Å²) in [6.45, 7) is 1.85. The van der Waals surface area contributed by atoms with Gasteiger partial charge >= 0.3 is 0 Å². The zero-order chi connectivity index (χ0) is 17.7. The van der Waals surface area contributed by atoms with Crippen LogP contribution in [0.1, 0.15) is 12.0 Å². The Kier molecular flexibility index (Phi) is 6.23. The van der Waals surface area contributed by atoms with E-state index in [9.17, 15) is 13.2 Å². The summed E-state index contributed by atoms with van der Waals surface area (Å²) >= 11 is 11.7. The Bertz CT molecular complexity index is 817. The molecule has 0 aromatic heterocycles. The Balaban J connectivity index is 1.89. The Labute approximate surface area is 151 Å². The molecule has 2 N–H and O–H groups in total. The lowest BCUT2D eigenvalue weighted by Crippen LogP contribution is -2.27. The van der Waals surface area contributed by atoms with Crippen LogP contribution in [0.2, 0.25) is 10.0 Å². The maximum Gasteiger partial charge on any atom is 0.240 e. The minimum atomic E-state index is -3.63. The summed E-state index contributed by atoms with van der Waals surface area (Å²) in [6.07, 6.45) is -0.0186. The van der Waals surface area contributed by atoms with Gasteiger partial charge in [0, 0.05) is 28.7 Å². The molecule has 0 unspecified atom stereocenters. The van der Waals surface area contributed by atoms with Gasteiger partial charge < -0.3 is 5.32 Å². The van der Waals surface area contributed by atoms with Crippen molar-refractivity contribution in [3.05, 3.63) is 58.1 Å². The van der Waals surface area contributed by atoms with E-state index in [1.807, 2.05) is 6.92 Å². The fourth-order valence-corrected chi connectivity index (χ4v) is 3.51. The first-order valence-electron chi connectivity index (χ1n) is 7.08. The Morgan fingerprint density at radius 3 is 2.21 bits per heavy atom. The van der Waals surface area contributed by atoms with E-state index in [-0.39, 0.29) is 23.8 Å². The highest BCUT2D eigenvalue weighted by Gasteiger charge is 2.14. The largest absolute Gasteiger partial charge is 0.326 e. The third-order valence-electron chi connectivity index (χ3n) is 3.12. The van der Waals surface area contributed by atoms with E-state index in [1.54, 1.807) is 30.3 Å². The predicted molar refractivity (Wildman–Crippen MR) is 96.1 cm³/mol. The molecule has 1 amide bonds. The van der Waals surface area contributed by atoms with Gasteiger partial charge in [-0.1, -0.05) is 40.9 Å². The molecule has 0 aliphatic heterocycles. The van der Waals surface area contributed by atoms with Gasteiger partial charge in [0.1, 0.15) is 0 Å². The topological polar surface area (TPSA) is 75.3 Å². The summed E-state index contributed by atoms with van der Waals surface area (Å²) in [6, 6.07) is 11.1. The number of hydrogen-bond donors (Lipinski definition) is 2. The van der Waals surface area contributed by atoms with Crippen molar-refractivity contribution in [1.29, 1.82) is 0 Å². The zero-order valence-electron chi connectivity index (χ0n) is 12.8. The first kappa shape index (κ1) is 18.7. The molecular weight excluding hydrogens is 371 g/mol. The quantitative estimate of drug-likeness (QED) is 0.795. The van der Waals surface area contributed by atoms with Crippen LogP contribution >= 0.6 is 23.2 Å². The van der Waals surface area contributed by atoms with Crippen molar-refractivity contribution in [3.8, 4) is 0 Å². The highest BCUT2D eigenvalue weighted by Crippen LogP contribution is 2.22. The molecule has 0 saturated carbocycles. The first-order chi connectivity index (χ1) is 11.3. The normalized spacial score (nSPS) is 11.3. The lowest BCUT2D eigenvalue weighted by molar-refractivity contribution is -0.116. The monoisotopic (exact) mass is 386 g/mol. The number of carbonyl (C=O) groups excluding carboxylic acids is 1. The summed E-state index contributed by atoms with van der Waals surface area (Å²) in [7, 11) is -3.63. The highest BCUT2D eigenvalue weighted by molar-refractivity contribution is 7.89. The molecule has 0 fully saturated rings. The lowest BCUT2D eigenvalue weighted by Gasteiger charge is -2.08. The number of hydrogen-bond acceptors (Lipinski definition) is 3. The van der Waals surface area contributed by atoms with Crippen LogP contribution in [0.4, 0.5) is 5.69 Å². The smallest absolute Gasteiger partial charge is 0.240 e. The van der Waals surface area contributed by atoms with Gasteiger partial charge in [-0.25, -0.2) is 13.1 Å². The van der Waals surface area contributed by atoms with Crippen molar-refractivity contribution < 1.29 is 13.2 Å². The van der Waals surface area contributed by atoms with E-state index in [4.69, 9.17) is 23.2 Å². The molecule has 0 saturated heterocycles. The van der Waals surface area contributed by atoms with Crippen molar-refractivity contribution in [2.45, 2.75) is 18.2 Å². The average molecular weight is 387 g/mol. The van der Waals surface area contributed by atoms with E-state index in [0.717, 1.165) is 5.56 Å². The number of rotatable bonds is 6. The van der Waals surface area contributed by atoms with Crippen LogP contribution in [0.5, 0.6) is 0 Å². The molecule has 8 heteroatoms. The van der Waals surface area contributed by atoms with Crippen LogP contribution < -0.4 is 10.0 Å². The number of nitrogens with one attached hydrogen (secondary N) is 2. The first-order valence-corrected chi connectivity index (χ1v) is 9.32. The molecule has 2 aromatic carbocycles. The Morgan fingerprint density at radius 1 is 1.04 bits per heavy atom. The summed E-state index contributed by atoms with van der Waals surface area (Å²) in [4.78, 5) is 12.0. The van der Waals surface area contributed by atoms with Gasteiger partial charge in [-0.15, -0.1) is 0 Å². The molecule has 0 aliphatic carbocycles. The Hall–Kier alpha value is -1.60. The SMILES string of the molecule is Cc1ccc(S(=O)(=O)NCCC(=O)Nc2cc(Cl)cc(Cl)c2)cc1. The second-order valence-corrected chi connectivity index (χ2v) is 7.81. The molecule has 0 bridgehead atoms. The summed E-state index contributed by atoms with van der Waals surface area (Å²) in [5.41, 5.74) is 1.42. The molecule has 5 nitrogen and oxygen atoms in total. The van der Waals surface area contributed by atoms with Crippen LogP contribution in [0.3, 0.4) is 0 Å². The zero-order valence-corrected chi connectivity index (χ0v) is 15.2. The maximum atomic E-state index is 12.1. The molecule has 2 aromatic rings. The molecule has 0 heterocycles. The highest BCUT2D eigenvalue weighted by atomic mass is 35.5. The standard InChI is InChI=1S/C16H16Cl2N2O3S/c1-11-2-4-15(5-3-11)24(22,23)19-7-6-16(21)20-14-9-12(17)8-13(18)10-14/h2-5,8-10,19H,6-7H2,1H3,(H,20,21). The fourth-order valence-electron chi connectivity index (χ4n) is 1.95. The molecular formula is C16H16Cl2N2O3S. The third kappa shape index (κ3) is 5.49. The minimum absolute atomic E-state index is 0.0175. The molecule has 2 rings (SSSR count). The third-order valence-corrected chi connectivity index (χ3v) is 5.04. The van der Waals surface area contributed by atoms with Gasteiger partial charge in [-0.2, -0.15) is 0 Å². The number of anilines is 1. The van der Waals surface area contributed by atoms with Gasteiger partial charge in [-0.3, -0.25) is 4.79 Å². The molecule has 0 atom stereocenters. The second-order valence-electron chi connectivity index (χ2n) is 5.17. The summed E-state index contributed by atoms with van der Waals surface area (Å²) in [5.74, 6) is -0.347. The number of benzene rings is 2. The van der Waals surface area contributed by atoms with Crippen LogP contribution in [0.15, 0.2) is 47.4 Å². The molecule has 0 radical (unpaired) electrons. The predicted octanol–water partition coefficient (Wildman–Crippen LogP) is 3.61. The van der Waals surface area contributed by atoms with E-state index in [0.29, 0.717) is 15.7 Å². The second kappa shape index (κ2) is 7.98. The van der Waals surface area contributed by atoms with Crippen molar-refractivity contribution in [3.63, 3.8) is 0 Å². The van der Waals surface area contributed by atoms with Gasteiger partial charge in [0.15, 0.2) is 0 Å². The van der Waals surface area contributed by atoms with E-state index in [2.05, 4.69) is 10.0 Å². The Morgan fingerprint density at radius 2 is 1.62 bits per heavy atom. The summed E-state index contributed by atoms with van der Waals surface area (Å²) < 4.78 is 26.6. The molecule has 0 aliphatic rings. The molecule has 0 spiro atoms. The van der Waals surface area contributed by atoms with Crippen molar-refractivity contribution in [2.75, 3.05) is 11.9 Å². The van der Waals surface area contributed by atoms with Crippen LogP contribution in [-0.4, -0.2) is 20.9 Å². The van der Waals surface area contributed by atoms with Crippen molar-refractivity contribution in [1.82, 2.24) is 4.72 Å².